The fourth-order valence-corrected chi connectivity index (χ4v) is 4.11. The number of halogens is 2. The van der Waals surface area contributed by atoms with Crippen LogP contribution in [0.5, 0.6) is 0 Å². The van der Waals surface area contributed by atoms with E-state index in [1.165, 1.54) is 11.8 Å². The zero-order valence-electron chi connectivity index (χ0n) is 11.1. The van der Waals surface area contributed by atoms with E-state index in [-0.39, 0.29) is 11.3 Å². The molecule has 1 aromatic carbocycles. The number of amides is 1. The molecule has 1 aliphatic rings. The van der Waals surface area contributed by atoms with Crippen LogP contribution in [0.1, 0.15) is 16.6 Å². The number of aromatic nitrogens is 2. The zero-order chi connectivity index (χ0) is 15.0. The number of benzene rings is 1. The first-order valence-corrected chi connectivity index (χ1v) is 8.05. The summed E-state index contributed by atoms with van der Waals surface area (Å²) < 4.78 is 0. The number of aryl methyl sites for hydroxylation is 1. The van der Waals surface area contributed by atoms with Crippen LogP contribution >= 0.6 is 35.0 Å². The zero-order valence-corrected chi connectivity index (χ0v) is 13.4. The molecule has 1 saturated heterocycles. The summed E-state index contributed by atoms with van der Waals surface area (Å²) in [6.45, 7) is 1.86. The molecule has 0 N–H and O–H groups in total. The van der Waals surface area contributed by atoms with Gasteiger partial charge < -0.3 is 0 Å². The Hall–Kier alpha value is -1.30. The highest BCUT2D eigenvalue weighted by Gasteiger charge is 2.37. The first-order chi connectivity index (χ1) is 10.1. The highest BCUT2D eigenvalue weighted by atomic mass is 35.5. The molecule has 0 bridgehead atoms. The smallest absolute Gasteiger partial charge is 0.240 e. The Morgan fingerprint density at radius 3 is 2.67 bits per heavy atom. The van der Waals surface area contributed by atoms with Crippen LogP contribution < -0.4 is 4.90 Å². The molecular formula is C14H11Cl2N3OS. The van der Waals surface area contributed by atoms with Crippen LogP contribution in [0.2, 0.25) is 10.0 Å². The maximum Gasteiger partial charge on any atom is 0.240 e. The molecule has 1 aliphatic heterocycles. The van der Waals surface area contributed by atoms with Crippen molar-refractivity contribution in [3.63, 3.8) is 0 Å². The third-order valence-corrected chi connectivity index (χ3v) is 4.95. The van der Waals surface area contributed by atoms with E-state index in [1.807, 2.05) is 6.92 Å². The number of carbonyl (C=O) groups is 1. The monoisotopic (exact) mass is 339 g/mol. The summed E-state index contributed by atoms with van der Waals surface area (Å²) in [5, 5.41) is 0.764. The minimum Gasteiger partial charge on any atom is -0.273 e. The van der Waals surface area contributed by atoms with Crippen LogP contribution in [0.15, 0.2) is 30.5 Å². The molecule has 1 fully saturated rings. The summed E-state index contributed by atoms with van der Waals surface area (Å²) in [7, 11) is 0. The van der Waals surface area contributed by atoms with Crippen LogP contribution in [0.4, 0.5) is 5.95 Å². The summed E-state index contributed by atoms with van der Waals surface area (Å²) in [4.78, 5) is 22.3. The average Bonchev–Trinajstić information content (AvgIpc) is 2.80. The van der Waals surface area contributed by atoms with Crippen molar-refractivity contribution in [3.8, 4) is 0 Å². The molecule has 2 heterocycles. The Morgan fingerprint density at radius 2 is 2.00 bits per heavy atom. The van der Waals surface area contributed by atoms with Crippen molar-refractivity contribution >= 4 is 46.8 Å². The van der Waals surface area contributed by atoms with E-state index >= 15 is 0 Å². The molecule has 108 valence electrons. The topological polar surface area (TPSA) is 46.1 Å². The lowest BCUT2D eigenvalue weighted by molar-refractivity contribution is -0.115. The van der Waals surface area contributed by atoms with Crippen LogP contribution in [-0.2, 0) is 4.79 Å². The molecule has 4 nitrogen and oxygen atoms in total. The molecule has 1 unspecified atom stereocenters. The summed E-state index contributed by atoms with van der Waals surface area (Å²) in [5.74, 6) is 0.682. The van der Waals surface area contributed by atoms with E-state index in [4.69, 9.17) is 23.2 Å². The molecule has 0 spiro atoms. The maximum absolute atomic E-state index is 12.2. The van der Waals surface area contributed by atoms with Crippen LogP contribution in [0.3, 0.4) is 0 Å². The number of thioether (sulfide) groups is 1. The van der Waals surface area contributed by atoms with Gasteiger partial charge in [0.15, 0.2) is 0 Å². The molecule has 2 aromatic rings. The third kappa shape index (κ3) is 2.73. The summed E-state index contributed by atoms with van der Waals surface area (Å²) in [5.41, 5.74) is 1.52. The molecule has 0 saturated carbocycles. The molecule has 1 atom stereocenters. The lowest BCUT2D eigenvalue weighted by Crippen LogP contribution is -2.30. The van der Waals surface area contributed by atoms with Crippen molar-refractivity contribution in [1.29, 1.82) is 0 Å². The second-order valence-corrected chi connectivity index (χ2v) is 6.44. The van der Waals surface area contributed by atoms with E-state index in [0.717, 1.165) is 11.3 Å². The first-order valence-electron chi connectivity index (χ1n) is 6.25. The lowest BCUT2D eigenvalue weighted by atomic mass is 10.2. The van der Waals surface area contributed by atoms with E-state index in [0.29, 0.717) is 21.7 Å². The predicted molar refractivity (Wildman–Crippen MR) is 85.9 cm³/mol. The van der Waals surface area contributed by atoms with Gasteiger partial charge in [0.05, 0.1) is 5.75 Å². The van der Waals surface area contributed by atoms with Crippen molar-refractivity contribution < 1.29 is 4.79 Å². The number of nitrogens with zero attached hydrogens (tertiary/aromatic N) is 3. The first kappa shape index (κ1) is 14.6. The van der Waals surface area contributed by atoms with Crippen LogP contribution in [0, 0.1) is 6.92 Å². The highest BCUT2D eigenvalue weighted by molar-refractivity contribution is 8.00. The number of hydrogen-bond donors (Lipinski definition) is 0. The minimum absolute atomic E-state index is 0.0495. The minimum atomic E-state index is -0.305. The van der Waals surface area contributed by atoms with Crippen LogP contribution in [0.25, 0.3) is 0 Å². The summed E-state index contributed by atoms with van der Waals surface area (Å²) in [6.07, 6.45) is 1.64. The molecule has 7 heteroatoms. The molecule has 1 amide bonds. The number of rotatable bonds is 2. The molecular weight excluding hydrogens is 329 g/mol. The molecule has 1 aromatic heterocycles. The van der Waals surface area contributed by atoms with E-state index in [9.17, 15) is 4.79 Å². The Balaban J connectivity index is 2.08. The van der Waals surface area contributed by atoms with Gasteiger partial charge in [0.2, 0.25) is 11.9 Å². The van der Waals surface area contributed by atoms with Crippen molar-refractivity contribution in [1.82, 2.24) is 9.97 Å². The standard InChI is InChI=1S/C14H11Cl2N3OS/c1-8-5-6-17-14(18-8)19-11(20)7-21-13(19)12-9(15)3-2-4-10(12)16/h2-6,13H,7H2,1H3. The third-order valence-electron chi connectivity index (χ3n) is 3.11. The van der Waals surface area contributed by atoms with Gasteiger partial charge in [-0.05, 0) is 25.1 Å². The number of hydrogen-bond acceptors (Lipinski definition) is 4. The Kier molecular flexibility index (Phi) is 4.06. The number of anilines is 1. The van der Waals surface area contributed by atoms with E-state index < -0.39 is 0 Å². The van der Waals surface area contributed by atoms with Gasteiger partial charge in [-0.3, -0.25) is 9.69 Å². The fraction of sp³-hybridized carbons (Fsp3) is 0.214. The Bertz CT molecular complexity index is 690. The van der Waals surface area contributed by atoms with E-state index in [1.54, 1.807) is 35.4 Å². The SMILES string of the molecule is Cc1ccnc(N2C(=O)CSC2c2c(Cl)cccc2Cl)n1. The van der Waals surface area contributed by atoms with Crippen molar-refractivity contribution in [3.05, 3.63) is 51.8 Å². The maximum atomic E-state index is 12.2. The second-order valence-electron chi connectivity index (χ2n) is 4.56. The summed E-state index contributed by atoms with van der Waals surface area (Å²) in [6, 6.07) is 7.10. The molecule has 21 heavy (non-hydrogen) atoms. The van der Waals surface area contributed by atoms with Crippen molar-refractivity contribution in [2.75, 3.05) is 10.7 Å². The molecule has 0 aliphatic carbocycles. The van der Waals surface area contributed by atoms with Gasteiger partial charge in [-0.2, -0.15) is 0 Å². The largest absolute Gasteiger partial charge is 0.273 e. The quantitative estimate of drug-likeness (QED) is 0.833. The molecule has 3 rings (SSSR count). The summed E-state index contributed by atoms with van der Waals surface area (Å²) >= 11 is 14.0. The van der Waals surface area contributed by atoms with E-state index in [2.05, 4.69) is 9.97 Å². The Morgan fingerprint density at radius 1 is 1.29 bits per heavy atom. The van der Waals surface area contributed by atoms with Gasteiger partial charge in [-0.1, -0.05) is 29.3 Å². The highest BCUT2D eigenvalue weighted by Crippen LogP contribution is 2.45. The second kappa shape index (κ2) is 5.83. The predicted octanol–water partition coefficient (Wildman–Crippen LogP) is 3.87. The van der Waals surface area contributed by atoms with Gasteiger partial charge in [0.1, 0.15) is 5.37 Å². The number of carbonyl (C=O) groups excluding carboxylic acids is 1. The van der Waals surface area contributed by atoms with Gasteiger partial charge in [0.25, 0.3) is 0 Å². The normalized spacial score (nSPS) is 18.3. The van der Waals surface area contributed by atoms with Gasteiger partial charge in [-0.25, -0.2) is 9.97 Å². The average molecular weight is 340 g/mol. The molecule has 0 radical (unpaired) electrons. The van der Waals surface area contributed by atoms with Gasteiger partial charge >= 0.3 is 0 Å². The van der Waals surface area contributed by atoms with Crippen molar-refractivity contribution in [2.24, 2.45) is 0 Å². The Labute approximate surface area is 136 Å². The van der Waals surface area contributed by atoms with Crippen LogP contribution in [-0.4, -0.2) is 21.6 Å². The lowest BCUT2D eigenvalue weighted by Gasteiger charge is -2.23. The van der Waals surface area contributed by atoms with Gasteiger partial charge in [-0.15, -0.1) is 11.8 Å². The van der Waals surface area contributed by atoms with Crippen molar-refractivity contribution in [2.45, 2.75) is 12.3 Å². The van der Waals surface area contributed by atoms with Gasteiger partial charge in [0, 0.05) is 27.5 Å². The fourth-order valence-electron chi connectivity index (χ4n) is 2.15.